The average molecular weight is 432 g/mol. The van der Waals surface area contributed by atoms with Crippen LogP contribution in [-0.2, 0) is 32.7 Å². The Morgan fingerprint density at radius 1 is 0.724 bits per heavy atom. The molecule has 0 amide bonds. The summed E-state index contributed by atoms with van der Waals surface area (Å²) in [5.41, 5.74) is 0.776. The van der Waals surface area contributed by atoms with E-state index < -0.39 is 7.60 Å². The minimum absolute atomic E-state index is 0.344. The fraction of sp³-hybridized carbons (Fsp3) is 0.714. The molecule has 0 aliphatic rings. The summed E-state index contributed by atoms with van der Waals surface area (Å²) in [6.07, 6.45) is 5.58. The van der Waals surface area contributed by atoms with Gasteiger partial charge in [0.1, 0.15) is 0 Å². The molecule has 0 unspecified atom stereocenters. The van der Waals surface area contributed by atoms with Crippen molar-refractivity contribution >= 4 is 19.5 Å². The molecule has 8 heteroatoms. The highest BCUT2D eigenvalue weighted by Crippen LogP contribution is 2.49. The minimum atomic E-state index is -3.08. The zero-order chi connectivity index (χ0) is 22.1. The van der Waals surface area contributed by atoms with Gasteiger partial charge in [0.15, 0.2) is 0 Å². The van der Waals surface area contributed by atoms with E-state index in [0.29, 0.717) is 50.2 Å². The van der Waals surface area contributed by atoms with Crippen LogP contribution in [0, 0.1) is 0 Å². The standard InChI is InChI=1S/C21H37O7P/c1-6-17-29(24,27-15-11-7-9-13-25-20(22)18(2)3)28-16-12-8-10-14-26-21(23)19(4)5/h2,4,6-17H2,1,3,5H3. The van der Waals surface area contributed by atoms with Gasteiger partial charge in [0.25, 0.3) is 0 Å². The van der Waals surface area contributed by atoms with E-state index in [4.69, 9.17) is 18.5 Å². The molecule has 0 N–H and O–H groups in total. The Balaban J connectivity index is 3.87. The summed E-state index contributed by atoms with van der Waals surface area (Å²) in [6.45, 7) is 13.6. The quantitative estimate of drug-likeness (QED) is 0.127. The molecule has 0 heterocycles. The van der Waals surface area contributed by atoms with Crippen molar-refractivity contribution < 1.29 is 32.7 Å². The zero-order valence-electron chi connectivity index (χ0n) is 18.2. The third-order valence-electron chi connectivity index (χ3n) is 3.81. The largest absolute Gasteiger partial charge is 0.462 e. The number of carbonyl (C=O) groups is 2. The molecule has 0 rings (SSSR count). The lowest BCUT2D eigenvalue weighted by Crippen LogP contribution is -2.07. The molecule has 0 radical (unpaired) electrons. The molecule has 0 aromatic carbocycles. The van der Waals surface area contributed by atoms with Gasteiger partial charge >= 0.3 is 19.5 Å². The van der Waals surface area contributed by atoms with E-state index in [0.717, 1.165) is 38.5 Å². The monoisotopic (exact) mass is 432 g/mol. The van der Waals surface area contributed by atoms with Gasteiger partial charge in [-0.05, 0) is 58.8 Å². The molecule has 7 nitrogen and oxygen atoms in total. The van der Waals surface area contributed by atoms with Crippen molar-refractivity contribution in [1.82, 2.24) is 0 Å². The zero-order valence-corrected chi connectivity index (χ0v) is 19.1. The molecule has 0 saturated carbocycles. The predicted molar refractivity (Wildman–Crippen MR) is 114 cm³/mol. The number of ether oxygens (including phenoxy) is 2. The maximum Gasteiger partial charge on any atom is 0.333 e. The van der Waals surface area contributed by atoms with E-state index in [-0.39, 0.29) is 11.9 Å². The average Bonchev–Trinajstić information content (AvgIpc) is 2.66. The highest BCUT2D eigenvalue weighted by Gasteiger charge is 2.22. The molecular weight excluding hydrogens is 395 g/mol. The SMILES string of the molecule is C=C(C)C(=O)OCCCCCOP(=O)(CCC)OCCCCCOC(=O)C(=C)C. The van der Waals surface area contributed by atoms with Gasteiger partial charge in [0.2, 0.25) is 0 Å². The topological polar surface area (TPSA) is 88.1 Å². The predicted octanol–water partition coefficient (Wildman–Crippen LogP) is 5.20. The van der Waals surface area contributed by atoms with Crippen LogP contribution in [0.15, 0.2) is 24.3 Å². The summed E-state index contributed by atoms with van der Waals surface area (Å²) in [7, 11) is -3.08. The van der Waals surface area contributed by atoms with E-state index >= 15 is 0 Å². The smallest absolute Gasteiger partial charge is 0.333 e. The molecular formula is C21H37O7P. The van der Waals surface area contributed by atoms with Crippen LogP contribution in [0.1, 0.15) is 65.7 Å². The number of esters is 2. The lowest BCUT2D eigenvalue weighted by molar-refractivity contribution is -0.139. The molecule has 0 fully saturated rings. The number of hydrogen-bond donors (Lipinski definition) is 0. The second kappa shape index (κ2) is 16.4. The first kappa shape index (κ1) is 27.6. The molecule has 0 atom stereocenters. The van der Waals surface area contributed by atoms with Crippen LogP contribution in [0.4, 0.5) is 0 Å². The van der Waals surface area contributed by atoms with E-state index in [2.05, 4.69) is 13.2 Å². The van der Waals surface area contributed by atoms with E-state index in [1.54, 1.807) is 13.8 Å². The summed E-state index contributed by atoms with van der Waals surface area (Å²) in [5.74, 6) is -0.757. The second-order valence-electron chi connectivity index (χ2n) is 6.95. The van der Waals surface area contributed by atoms with E-state index in [9.17, 15) is 14.2 Å². The summed E-state index contributed by atoms with van der Waals surface area (Å²) < 4.78 is 33.9. The molecule has 0 bridgehead atoms. The van der Waals surface area contributed by atoms with Gasteiger partial charge in [0.05, 0.1) is 26.4 Å². The van der Waals surface area contributed by atoms with Crippen LogP contribution >= 0.6 is 7.60 Å². The Labute approximate surface area is 175 Å². The maximum atomic E-state index is 12.7. The van der Waals surface area contributed by atoms with Gasteiger partial charge < -0.3 is 18.5 Å². The Morgan fingerprint density at radius 2 is 1.10 bits per heavy atom. The van der Waals surface area contributed by atoms with Crippen LogP contribution in [0.25, 0.3) is 0 Å². The van der Waals surface area contributed by atoms with Gasteiger partial charge in [-0.2, -0.15) is 0 Å². The summed E-state index contributed by atoms with van der Waals surface area (Å²) in [4.78, 5) is 22.5. The molecule has 29 heavy (non-hydrogen) atoms. The third kappa shape index (κ3) is 15.1. The van der Waals surface area contributed by atoms with Gasteiger partial charge in [-0.15, -0.1) is 0 Å². The van der Waals surface area contributed by atoms with Crippen molar-refractivity contribution in [2.75, 3.05) is 32.6 Å². The molecule has 0 saturated heterocycles. The van der Waals surface area contributed by atoms with Gasteiger partial charge in [-0.3, -0.25) is 4.57 Å². The van der Waals surface area contributed by atoms with E-state index in [1.807, 2.05) is 6.92 Å². The first-order chi connectivity index (χ1) is 13.7. The lowest BCUT2D eigenvalue weighted by atomic mass is 10.2. The first-order valence-electron chi connectivity index (χ1n) is 10.2. The molecule has 0 spiro atoms. The van der Waals surface area contributed by atoms with Gasteiger partial charge in [0, 0.05) is 17.3 Å². The van der Waals surface area contributed by atoms with Crippen molar-refractivity contribution in [3.05, 3.63) is 24.3 Å². The number of hydrogen-bond acceptors (Lipinski definition) is 7. The molecule has 0 aromatic rings. The van der Waals surface area contributed by atoms with Crippen LogP contribution in [0.5, 0.6) is 0 Å². The fourth-order valence-corrected chi connectivity index (χ4v) is 3.88. The molecule has 168 valence electrons. The summed E-state index contributed by atoms with van der Waals surface area (Å²) in [6, 6.07) is 0. The van der Waals surface area contributed by atoms with Crippen molar-refractivity contribution in [2.24, 2.45) is 0 Å². The number of carbonyl (C=O) groups excluding carboxylic acids is 2. The Morgan fingerprint density at radius 3 is 1.45 bits per heavy atom. The Hall–Kier alpha value is -1.43. The van der Waals surface area contributed by atoms with Crippen molar-refractivity contribution in [2.45, 2.75) is 65.7 Å². The molecule has 0 aromatic heterocycles. The van der Waals surface area contributed by atoms with Crippen LogP contribution < -0.4 is 0 Å². The second-order valence-corrected chi connectivity index (χ2v) is 9.14. The van der Waals surface area contributed by atoms with Gasteiger partial charge in [-0.25, -0.2) is 9.59 Å². The summed E-state index contributed by atoms with van der Waals surface area (Å²) in [5, 5.41) is 0. The first-order valence-corrected chi connectivity index (χ1v) is 12.0. The number of unbranched alkanes of at least 4 members (excludes halogenated alkanes) is 4. The lowest BCUT2D eigenvalue weighted by Gasteiger charge is -2.18. The Kier molecular flexibility index (Phi) is 15.6. The number of rotatable bonds is 18. The highest BCUT2D eigenvalue weighted by molar-refractivity contribution is 7.53. The van der Waals surface area contributed by atoms with Crippen molar-refractivity contribution in [1.29, 1.82) is 0 Å². The molecule has 0 aliphatic heterocycles. The van der Waals surface area contributed by atoms with Crippen LogP contribution in [0.2, 0.25) is 0 Å². The Bertz CT molecular complexity index is 527. The highest BCUT2D eigenvalue weighted by atomic mass is 31.2. The normalized spacial score (nSPS) is 11.1. The summed E-state index contributed by atoms with van der Waals surface area (Å²) >= 11 is 0. The van der Waals surface area contributed by atoms with Crippen LogP contribution in [0.3, 0.4) is 0 Å². The van der Waals surface area contributed by atoms with Crippen LogP contribution in [-0.4, -0.2) is 44.5 Å². The molecule has 0 aliphatic carbocycles. The third-order valence-corrected chi connectivity index (χ3v) is 5.96. The van der Waals surface area contributed by atoms with Crippen molar-refractivity contribution in [3.8, 4) is 0 Å². The van der Waals surface area contributed by atoms with Crippen molar-refractivity contribution in [3.63, 3.8) is 0 Å². The van der Waals surface area contributed by atoms with Gasteiger partial charge in [-0.1, -0.05) is 20.1 Å². The van der Waals surface area contributed by atoms with E-state index in [1.165, 1.54) is 0 Å². The minimum Gasteiger partial charge on any atom is -0.462 e. The maximum absolute atomic E-state index is 12.7. The fourth-order valence-electron chi connectivity index (χ4n) is 2.19.